The fourth-order valence-corrected chi connectivity index (χ4v) is 4.62. The second-order valence-corrected chi connectivity index (χ2v) is 8.72. The van der Waals surface area contributed by atoms with Crippen LogP contribution >= 0.6 is 47.2 Å². The highest BCUT2D eigenvalue weighted by atomic mass is 35.5. The Morgan fingerprint density at radius 3 is 2.67 bits per heavy atom. The van der Waals surface area contributed by atoms with E-state index in [2.05, 4.69) is 0 Å². The van der Waals surface area contributed by atoms with E-state index in [-0.39, 0.29) is 11.5 Å². The summed E-state index contributed by atoms with van der Waals surface area (Å²) in [6.07, 6.45) is 1.59. The maximum atomic E-state index is 12.9. The van der Waals surface area contributed by atoms with Crippen LogP contribution in [0.4, 0.5) is 5.69 Å². The molecule has 1 aliphatic heterocycles. The summed E-state index contributed by atoms with van der Waals surface area (Å²) >= 11 is 18.6. The van der Waals surface area contributed by atoms with E-state index in [1.807, 2.05) is 0 Å². The topological polar surface area (TPSA) is 70.8 Å². The summed E-state index contributed by atoms with van der Waals surface area (Å²) in [7, 11) is 0. The lowest BCUT2D eigenvalue weighted by Gasteiger charge is -2.16. The molecule has 4 rings (SSSR count). The monoisotopic (exact) mass is 475 g/mol. The SMILES string of the molecule is O=C(O)c1cccc(-c2ccc(/C=C3\SC(=S)N(c4ccc(Cl)cc4Cl)C3=O)o2)c1. The molecule has 1 aromatic heterocycles. The average molecular weight is 476 g/mol. The first-order valence-corrected chi connectivity index (χ1v) is 10.5. The average Bonchev–Trinajstić information content (AvgIpc) is 3.28. The highest BCUT2D eigenvalue weighted by Gasteiger charge is 2.34. The van der Waals surface area contributed by atoms with Gasteiger partial charge in [-0.05, 0) is 42.5 Å². The van der Waals surface area contributed by atoms with Crippen LogP contribution in [0.25, 0.3) is 17.4 Å². The maximum Gasteiger partial charge on any atom is 0.335 e. The summed E-state index contributed by atoms with van der Waals surface area (Å²) in [6.45, 7) is 0. The number of aromatic carboxylic acids is 1. The van der Waals surface area contributed by atoms with Crippen molar-refractivity contribution in [1.29, 1.82) is 0 Å². The molecule has 5 nitrogen and oxygen atoms in total. The molecule has 1 amide bonds. The molecule has 30 heavy (non-hydrogen) atoms. The van der Waals surface area contributed by atoms with Crippen LogP contribution in [-0.2, 0) is 4.79 Å². The van der Waals surface area contributed by atoms with Crippen LogP contribution < -0.4 is 4.90 Å². The molecule has 1 N–H and O–H groups in total. The Balaban J connectivity index is 1.62. The number of carbonyl (C=O) groups excluding carboxylic acids is 1. The van der Waals surface area contributed by atoms with Crippen molar-refractivity contribution in [3.8, 4) is 11.3 Å². The van der Waals surface area contributed by atoms with Crippen molar-refractivity contribution < 1.29 is 19.1 Å². The first-order chi connectivity index (χ1) is 14.3. The van der Waals surface area contributed by atoms with E-state index in [0.29, 0.717) is 42.0 Å². The van der Waals surface area contributed by atoms with Gasteiger partial charge in [0, 0.05) is 16.7 Å². The smallest absolute Gasteiger partial charge is 0.335 e. The normalized spacial score (nSPS) is 15.3. The van der Waals surface area contributed by atoms with Crippen LogP contribution in [-0.4, -0.2) is 21.3 Å². The van der Waals surface area contributed by atoms with Gasteiger partial charge in [-0.1, -0.05) is 59.3 Å². The van der Waals surface area contributed by atoms with Crippen molar-refractivity contribution >= 4 is 75.1 Å². The Morgan fingerprint density at radius 2 is 1.93 bits per heavy atom. The van der Waals surface area contributed by atoms with Gasteiger partial charge in [-0.3, -0.25) is 9.69 Å². The van der Waals surface area contributed by atoms with Gasteiger partial charge < -0.3 is 9.52 Å². The van der Waals surface area contributed by atoms with E-state index in [1.165, 1.54) is 17.0 Å². The summed E-state index contributed by atoms with van der Waals surface area (Å²) < 4.78 is 6.13. The summed E-state index contributed by atoms with van der Waals surface area (Å²) in [5.74, 6) is -0.415. The number of furan rings is 1. The van der Waals surface area contributed by atoms with Crippen LogP contribution in [0.5, 0.6) is 0 Å². The Morgan fingerprint density at radius 1 is 1.13 bits per heavy atom. The van der Waals surface area contributed by atoms with E-state index in [4.69, 9.17) is 44.9 Å². The number of anilines is 1. The van der Waals surface area contributed by atoms with Crippen molar-refractivity contribution in [3.05, 3.63) is 80.9 Å². The first kappa shape index (κ1) is 20.7. The van der Waals surface area contributed by atoms with Gasteiger partial charge in [0.25, 0.3) is 5.91 Å². The third-order valence-corrected chi connectivity index (χ3v) is 6.08. The van der Waals surface area contributed by atoms with Crippen molar-refractivity contribution in [3.63, 3.8) is 0 Å². The minimum atomic E-state index is -1.02. The molecule has 2 aromatic carbocycles. The zero-order valence-corrected chi connectivity index (χ0v) is 18.1. The summed E-state index contributed by atoms with van der Waals surface area (Å²) in [5.41, 5.74) is 1.23. The van der Waals surface area contributed by atoms with Crippen LogP contribution in [0.1, 0.15) is 16.1 Å². The highest BCUT2D eigenvalue weighted by Crippen LogP contribution is 2.40. The van der Waals surface area contributed by atoms with Crippen LogP contribution in [0.2, 0.25) is 10.0 Å². The van der Waals surface area contributed by atoms with Gasteiger partial charge in [-0.25, -0.2) is 4.79 Å². The third-order valence-electron chi connectivity index (χ3n) is 4.24. The molecule has 3 aromatic rings. The fraction of sp³-hybridized carbons (Fsp3) is 0. The maximum absolute atomic E-state index is 12.9. The molecule has 1 aliphatic rings. The second kappa shape index (κ2) is 8.28. The molecule has 0 atom stereocenters. The number of halogens is 2. The number of thiocarbonyl (C=S) groups is 1. The molecule has 1 saturated heterocycles. The number of rotatable bonds is 4. The van der Waals surface area contributed by atoms with Gasteiger partial charge in [0.1, 0.15) is 11.5 Å². The second-order valence-electron chi connectivity index (χ2n) is 6.20. The quantitative estimate of drug-likeness (QED) is 0.349. The van der Waals surface area contributed by atoms with E-state index in [0.717, 1.165) is 11.8 Å². The zero-order chi connectivity index (χ0) is 21.4. The first-order valence-electron chi connectivity index (χ1n) is 8.50. The standard InChI is InChI=1S/C21H11Cl2NO4S2/c22-13-4-6-16(15(23)9-13)24-19(25)18(30-21(24)29)10-14-5-7-17(28-14)11-2-1-3-12(8-11)20(26)27/h1-10H,(H,26,27)/b18-10-. The van der Waals surface area contributed by atoms with E-state index < -0.39 is 5.97 Å². The molecule has 0 spiro atoms. The molecule has 0 unspecified atom stereocenters. The number of hydrogen-bond acceptors (Lipinski definition) is 5. The van der Waals surface area contributed by atoms with Gasteiger partial charge in [0.2, 0.25) is 0 Å². The number of nitrogens with zero attached hydrogens (tertiary/aromatic N) is 1. The largest absolute Gasteiger partial charge is 0.478 e. The molecule has 0 saturated carbocycles. The lowest BCUT2D eigenvalue weighted by Crippen LogP contribution is -2.27. The predicted molar refractivity (Wildman–Crippen MR) is 123 cm³/mol. The predicted octanol–water partition coefficient (Wildman–Crippen LogP) is 6.36. The van der Waals surface area contributed by atoms with Crippen molar-refractivity contribution in [2.75, 3.05) is 4.90 Å². The molecular formula is C21H11Cl2NO4S2. The van der Waals surface area contributed by atoms with Gasteiger partial charge in [0.15, 0.2) is 4.32 Å². The fourth-order valence-electron chi connectivity index (χ4n) is 2.86. The summed E-state index contributed by atoms with van der Waals surface area (Å²) in [4.78, 5) is 25.8. The number of hydrogen-bond donors (Lipinski definition) is 1. The molecule has 2 heterocycles. The van der Waals surface area contributed by atoms with Gasteiger partial charge in [-0.15, -0.1) is 0 Å². The molecule has 0 aliphatic carbocycles. The lowest BCUT2D eigenvalue weighted by atomic mass is 10.1. The minimum Gasteiger partial charge on any atom is -0.478 e. The highest BCUT2D eigenvalue weighted by molar-refractivity contribution is 8.27. The van der Waals surface area contributed by atoms with Crippen molar-refractivity contribution in [2.24, 2.45) is 0 Å². The van der Waals surface area contributed by atoms with Crippen LogP contribution in [0.15, 0.2) is 63.9 Å². The molecule has 0 bridgehead atoms. The number of carboxylic acid groups (broad SMARTS) is 1. The number of carbonyl (C=O) groups is 2. The third kappa shape index (κ3) is 4.02. The van der Waals surface area contributed by atoms with E-state index in [9.17, 15) is 9.59 Å². The molecule has 1 fully saturated rings. The summed E-state index contributed by atoms with van der Waals surface area (Å²) in [5, 5.41) is 9.92. The number of thioether (sulfide) groups is 1. The van der Waals surface area contributed by atoms with Gasteiger partial charge >= 0.3 is 5.97 Å². The van der Waals surface area contributed by atoms with Gasteiger partial charge in [-0.2, -0.15) is 0 Å². The lowest BCUT2D eigenvalue weighted by molar-refractivity contribution is -0.113. The number of carboxylic acids is 1. The molecule has 0 radical (unpaired) electrons. The Bertz CT molecular complexity index is 1240. The van der Waals surface area contributed by atoms with Crippen LogP contribution in [0.3, 0.4) is 0 Å². The van der Waals surface area contributed by atoms with Crippen molar-refractivity contribution in [2.45, 2.75) is 0 Å². The molecule has 9 heteroatoms. The number of amides is 1. The molecule has 150 valence electrons. The Kier molecular flexibility index (Phi) is 5.71. The van der Waals surface area contributed by atoms with Gasteiger partial charge in [0.05, 0.1) is 21.2 Å². The van der Waals surface area contributed by atoms with Crippen LogP contribution in [0, 0.1) is 0 Å². The zero-order valence-electron chi connectivity index (χ0n) is 15.0. The Labute approximate surface area is 190 Å². The molecular weight excluding hydrogens is 465 g/mol. The number of benzene rings is 2. The summed E-state index contributed by atoms with van der Waals surface area (Å²) in [6, 6.07) is 14.6. The van der Waals surface area contributed by atoms with E-state index >= 15 is 0 Å². The van der Waals surface area contributed by atoms with E-state index in [1.54, 1.807) is 48.5 Å². The van der Waals surface area contributed by atoms with Crippen molar-refractivity contribution in [1.82, 2.24) is 0 Å². The minimum absolute atomic E-state index is 0.158. The Hall–Kier alpha value is -2.58.